The summed E-state index contributed by atoms with van der Waals surface area (Å²) in [7, 11) is 3.67. The maximum atomic E-state index is 15.0. The van der Waals surface area contributed by atoms with E-state index in [0.29, 0.717) is 35.8 Å². The van der Waals surface area contributed by atoms with Gasteiger partial charge < -0.3 is 30.0 Å². The number of amides is 1. The number of anilines is 3. The lowest BCUT2D eigenvalue weighted by molar-refractivity contribution is -0.124. The molecular weight excluding hydrogens is 531 g/mol. The van der Waals surface area contributed by atoms with E-state index in [4.69, 9.17) is 9.47 Å². The molecule has 1 amide bonds. The fraction of sp³-hybridized carbons (Fsp3) is 0.407. The van der Waals surface area contributed by atoms with E-state index in [9.17, 15) is 4.79 Å². The minimum atomic E-state index is -0.566. The van der Waals surface area contributed by atoms with Gasteiger partial charge in [-0.2, -0.15) is 5.10 Å². The molecule has 41 heavy (non-hydrogen) atoms. The molecule has 14 heteroatoms. The molecule has 0 aliphatic carbocycles. The average Bonchev–Trinajstić information content (AvgIpc) is 3.75. The third-order valence-corrected chi connectivity index (χ3v) is 7.45. The van der Waals surface area contributed by atoms with Gasteiger partial charge in [-0.1, -0.05) is 12.1 Å². The maximum Gasteiger partial charge on any atom is 0.244 e. The second-order valence-corrected chi connectivity index (χ2v) is 10.2. The lowest BCUT2D eigenvalue weighted by atomic mass is 10.1. The highest BCUT2D eigenvalue weighted by Gasteiger charge is 2.29. The van der Waals surface area contributed by atoms with Gasteiger partial charge in [0.05, 0.1) is 55.4 Å². The van der Waals surface area contributed by atoms with Crippen molar-refractivity contribution in [2.45, 2.75) is 12.2 Å². The quantitative estimate of drug-likeness (QED) is 0.239. The predicted octanol–water partition coefficient (Wildman–Crippen LogP) is 1.98. The number of nitrogens with one attached hydrogen (secondary N) is 4. The van der Waals surface area contributed by atoms with Crippen LogP contribution in [0.4, 0.5) is 21.7 Å². The van der Waals surface area contributed by atoms with E-state index in [2.05, 4.69) is 52.8 Å². The van der Waals surface area contributed by atoms with Gasteiger partial charge in [0.2, 0.25) is 11.9 Å². The highest BCUT2D eigenvalue weighted by atomic mass is 19.1. The Labute approximate surface area is 236 Å². The number of hydrogen-bond donors (Lipinski definition) is 4. The van der Waals surface area contributed by atoms with Crippen LogP contribution in [0.25, 0.3) is 22.2 Å². The molecule has 216 valence electrons. The molecule has 3 aromatic heterocycles. The minimum absolute atomic E-state index is 0.0533. The number of likely N-dealkylation sites (N-methyl/N-ethyl adjacent to an activating group) is 1. The summed E-state index contributed by atoms with van der Waals surface area (Å²) in [4.78, 5) is 29.6. The van der Waals surface area contributed by atoms with Crippen LogP contribution in [0.2, 0.25) is 0 Å². The van der Waals surface area contributed by atoms with Crippen LogP contribution in [-0.2, 0) is 14.3 Å². The third kappa shape index (κ3) is 5.78. The largest absolute Gasteiger partial charge is 0.383 e. The molecule has 2 fully saturated rings. The Balaban J connectivity index is 1.23. The highest BCUT2D eigenvalue weighted by Crippen LogP contribution is 2.33. The first kappa shape index (κ1) is 27.2. The lowest BCUT2D eigenvalue weighted by Crippen LogP contribution is -2.54. The topological polar surface area (TPSA) is 137 Å². The number of nitrogens with zero attached hydrogens (tertiary/aromatic N) is 6. The molecule has 4 N–H and O–H groups in total. The Hall–Kier alpha value is -3.95. The summed E-state index contributed by atoms with van der Waals surface area (Å²) in [5.74, 6) is -0.492. The second kappa shape index (κ2) is 11.9. The fourth-order valence-corrected chi connectivity index (χ4v) is 5.18. The molecule has 1 aromatic carbocycles. The number of H-pyrrole nitrogens is 1. The van der Waals surface area contributed by atoms with Gasteiger partial charge in [-0.25, -0.2) is 14.4 Å². The number of rotatable bonds is 9. The monoisotopic (exact) mass is 564 g/mol. The van der Waals surface area contributed by atoms with Crippen molar-refractivity contribution in [1.82, 2.24) is 39.8 Å². The minimum Gasteiger partial charge on any atom is -0.383 e. The molecule has 1 unspecified atom stereocenters. The van der Waals surface area contributed by atoms with Crippen LogP contribution in [0.15, 0.2) is 43.0 Å². The molecule has 5 heterocycles. The standard InChI is InChI=1S/C27H33FN10O3/c1-36-6-8-37(9-7-36)22(14-40-2)26(39)34-21-5-3-4-18-19(11-29-25(18)21)24-20(28)12-30-27(35-24)33-17-10-32-38(13-17)23-15-41-16-31-23/h3-5,10-13,22-23,29,31H,6-9,14-16H2,1-2H3,(H,34,39)(H,30,33,35)/t22-,23?/m1/s1. The number of piperazine rings is 1. The van der Waals surface area contributed by atoms with E-state index in [1.54, 1.807) is 30.4 Å². The first-order chi connectivity index (χ1) is 20.0. The maximum absolute atomic E-state index is 15.0. The van der Waals surface area contributed by atoms with E-state index < -0.39 is 11.9 Å². The molecule has 2 aliphatic heterocycles. The highest BCUT2D eigenvalue weighted by molar-refractivity contribution is 6.06. The number of methoxy groups -OCH3 is 1. The number of carbonyl (C=O) groups excluding carboxylic acids is 1. The predicted molar refractivity (Wildman–Crippen MR) is 151 cm³/mol. The number of fused-ring (bicyclic) bond motifs is 1. The van der Waals surface area contributed by atoms with Crippen LogP contribution in [0.5, 0.6) is 0 Å². The molecule has 4 aromatic rings. The van der Waals surface area contributed by atoms with E-state index in [1.807, 2.05) is 18.2 Å². The molecule has 2 saturated heterocycles. The summed E-state index contributed by atoms with van der Waals surface area (Å²) in [6.45, 7) is 4.61. The Bertz CT molecular complexity index is 1510. The number of carbonyl (C=O) groups is 1. The second-order valence-electron chi connectivity index (χ2n) is 10.2. The van der Waals surface area contributed by atoms with Crippen LogP contribution < -0.4 is 16.0 Å². The van der Waals surface area contributed by atoms with Crippen molar-refractivity contribution >= 4 is 34.1 Å². The van der Waals surface area contributed by atoms with E-state index in [0.717, 1.165) is 37.8 Å². The zero-order chi connectivity index (χ0) is 28.3. The Kier molecular flexibility index (Phi) is 7.89. The van der Waals surface area contributed by atoms with Crippen LogP contribution >= 0.6 is 0 Å². The first-order valence-corrected chi connectivity index (χ1v) is 13.5. The molecular formula is C27H33FN10O3. The zero-order valence-electron chi connectivity index (χ0n) is 22.9. The summed E-state index contributed by atoms with van der Waals surface area (Å²) in [6, 6.07) is 5.08. The van der Waals surface area contributed by atoms with Crippen molar-refractivity contribution in [2.75, 3.05) is 70.9 Å². The van der Waals surface area contributed by atoms with Crippen LogP contribution in [0, 0.1) is 5.82 Å². The van der Waals surface area contributed by atoms with Gasteiger partial charge in [0.1, 0.15) is 17.9 Å². The van der Waals surface area contributed by atoms with E-state index >= 15 is 4.39 Å². The molecule has 0 spiro atoms. The van der Waals surface area contributed by atoms with Gasteiger partial charge in [-0.05, 0) is 13.1 Å². The molecule has 0 radical (unpaired) electrons. The molecule has 2 atom stereocenters. The van der Waals surface area contributed by atoms with Gasteiger partial charge >= 0.3 is 0 Å². The van der Waals surface area contributed by atoms with Gasteiger partial charge in [0.25, 0.3) is 0 Å². The van der Waals surface area contributed by atoms with Gasteiger partial charge in [0, 0.05) is 50.4 Å². The number of halogens is 1. The zero-order valence-corrected chi connectivity index (χ0v) is 22.9. The molecule has 2 aliphatic rings. The summed E-state index contributed by atoms with van der Waals surface area (Å²) >= 11 is 0. The van der Waals surface area contributed by atoms with Crippen LogP contribution in [0.3, 0.4) is 0 Å². The van der Waals surface area contributed by atoms with E-state index in [-0.39, 0.29) is 30.3 Å². The van der Waals surface area contributed by atoms with Crippen molar-refractivity contribution in [3.8, 4) is 11.3 Å². The van der Waals surface area contributed by atoms with Crippen molar-refractivity contribution in [3.05, 3.63) is 48.8 Å². The average molecular weight is 565 g/mol. The smallest absolute Gasteiger partial charge is 0.244 e. The number of hydrogen-bond acceptors (Lipinski definition) is 10. The molecule has 13 nitrogen and oxygen atoms in total. The summed E-state index contributed by atoms with van der Waals surface area (Å²) in [6.07, 6.45) is 6.22. The number of aromatic amines is 1. The van der Waals surface area contributed by atoms with Crippen molar-refractivity contribution in [1.29, 1.82) is 0 Å². The fourth-order valence-electron chi connectivity index (χ4n) is 5.18. The van der Waals surface area contributed by atoms with Crippen molar-refractivity contribution < 1.29 is 18.7 Å². The number of benzene rings is 1. The van der Waals surface area contributed by atoms with Gasteiger partial charge in [0.15, 0.2) is 5.82 Å². The lowest BCUT2D eigenvalue weighted by Gasteiger charge is -2.36. The summed E-state index contributed by atoms with van der Waals surface area (Å²) < 4.78 is 27.5. The molecule has 0 saturated carbocycles. The number of aromatic nitrogens is 5. The summed E-state index contributed by atoms with van der Waals surface area (Å²) in [5, 5.41) is 14.4. The normalized spacial score (nSPS) is 19.0. The Morgan fingerprint density at radius 3 is 2.90 bits per heavy atom. The molecule has 6 rings (SSSR count). The Morgan fingerprint density at radius 1 is 1.27 bits per heavy atom. The number of ether oxygens (including phenoxy) is 2. The van der Waals surface area contributed by atoms with E-state index in [1.165, 1.54) is 0 Å². The van der Waals surface area contributed by atoms with Crippen LogP contribution in [-0.4, -0.2) is 107 Å². The molecule has 0 bridgehead atoms. The first-order valence-electron chi connectivity index (χ1n) is 13.5. The SMILES string of the molecule is COC[C@H](C(=O)Nc1cccc2c(-c3nc(Nc4cnn(C5COCN5)c4)ncc3F)c[nH]c12)N1CCN(C)CC1. The van der Waals surface area contributed by atoms with Crippen molar-refractivity contribution in [3.63, 3.8) is 0 Å². The van der Waals surface area contributed by atoms with Gasteiger partial charge in [-0.15, -0.1) is 0 Å². The number of para-hydroxylation sites is 1. The third-order valence-electron chi connectivity index (χ3n) is 7.45. The van der Waals surface area contributed by atoms with Crippen LogP contribution in [0.1, 0.15) is 6.17 Å². The summed E-state index contributed by atoms with van der Waals surface area (Å²) in [5.41, 5.74) is 2.61. The van der Waals surface area contributed by atoms with Crippen molar-refractivity contribution in [2.24, 2.45) is 0 Å². The van der Waals surface area contributed by atoms with Gasteiger partial charge in [-0.3, -0.25) is 19.7 Å². The Morgan fingerprint density at radius 2 is 2.12 bits per heavy atom.